The van der Waals surface area contributed by atoms with Gasteiger partial charge in [0.1, 0.15) is 17.5 Å². The number of nitrogens with zero attached hydrogens (tertiary/aromatic N) is 3. The van der Waals surface area contributed by atoms with Gasteiger partial charge in [-0.3, -0.25) is 0 Å². The Hall–Kier alpha value is -2.06. The van der Waals surface area contributed by atoms with Crippen molar-refractivity contribution in [2.75, 3.05) is 11.6 Å². The van der Waals surface area contributed by atoms with Gasteiger partial charge >= 0.3 is 0 Å². The predicted molar refractivity (Wildman–Crippen MR) is 101 cm³/mol. The summed E-state index contributed by atoms with van der Waals surface area (Å²) in [5.41, 5.74) is 3.45. The van der Waals surface area contributed by atoms with Crippen molar-refractivity contribution in [2.24, 2.45) is 0 Å². The summed E-state index contributed by atoms with van der Waals surface area (Å²) in [5.74, 6) is 0.599. The minimum absolute atomic E-state index is 0.0943. The highest BCUT2D eigenvalue weighted by atomic mass is 32.2. The Morgan fingerprint density at radius 3 is 2.21 bits per heavy atom. The monoisotopic (exact) mass is 340 g/mol. The number of nitrogens with one attached hydrogen (secondary N) is 1. The maximum atomic E-state index is 9.64. The van der Waals surface area contributed by atoms with Crippen LogP contribution in [0.2, 0.25) is 0 Å². The maximum absolute atomic E-state index is 9.64. The molecule has 2 aromatic rings. The second kappa shape index (κ2) is 7.23. The van der Waals surface area contributed by atoms with Crippen molar-refractivity contribution >= 4 is 17.6 Å². The Morgan fingerprint density at radius 1 is 1.12 bits per heavy atom. The lowest BCUT2D eigenvalue weighted by Gasteiger charge is -2.19. The van der Waals surface area contributed by atoms with Crippen LogP contribution in [0.4, 0.5) is 5.82 Å². The average Bonchev–Trinajstić information content (AvgIpc) is 2.52. The Morgan fingerprint density at radius 2 is 1.75 bits per heavy atom. The first-order valence-corrected chi connectivity index (χ1v) is 9.22. The molecule has 0 saturated carbocycles. The lowest BCUT2D eigenvalue weighted by molar-refractivity contribution is 0.590. The van der Waals surface area contributed by atoms with Crippen LogP contribution < -0.4 is 5.32 Å². The molecule has 0 atom stereocenters. The summed E-state index contributed by atoms with van der Waals surface area (Å²) in [6.07, 6.45) is 1.94. The van der Waals surface area contributed by atoms with Crippen LogP contribution in [0.5, 0.6) is 0 Å². The molecule has 2 rings (SSSR count). The molecule has 0 fully saturated rings. The number of hydrogen-bond acceptors (Lipinski definition) is 5. The standard InChI is InChI=1S/C19H24N4S/c1-12(2)21-17-15(11-20)16(22-18(23-17)24-6)13-7-9-14(10-8-13)19(3,4)5/h7-10,12H,1-6H3,(H,21,22,23). The normalized spacial score (nSPS) is 11.4. The molecule has 1 N–H and O–H groups in total. The third-order valence-electron chi connectivity index (χ3n) is 3.63. The van der Waals surface area contributed by atoms with E-state index >= 15 is 0 Å². The molecule has 1 heterocycles. The molecule has 126 valence electrons. The van der Waals surface area contributed by atoms with Gasteiger partial charge in [-0.05, 0) is 31.1 Å². The molecule has 0 aliphatic rings. The zero-order valence-corrected chi connectivity index (χ0v) is 16.0. The molecule has 24 heavy (non-hydrogen) atoms. The largest absolute Gasteiger partial charge is 0.367 e. The molecular weight excluding hydrogens is 316 g/mol. The third kappa shape index (κ3) is 4.07. The van der Waals surface area contributed by atoms with E-state index in [2.05, 4.69) is 54.3 Å². The van der Waals surface area contributed by atoms with Crippen molar-refractivity contribution in [3.63, 3.8) is 0 Å². The van der Waals surface area contributed by atoms with Crippen molar-refractivity contribution in [3.05, 3.63) is 35.4 Å². The quantitative estimate of drug-likeness (QED) is 0.636. The van der Waals surface area contributed by atoms with E-state index in [0.29, 0.717) is 22.2 Å². The summed E-state index contributed by atoms with van der Waals surface area (Å²) < 4.78 is 0. The summed E-state index contributed by atoms with van der Waals surface area (Å²) in [6.45, 7) is 10.6. The first-order valence-electron chi connectivity index (χ1n) is 8.00. The topological polar surface area (TPSA) is 61.6 Å². The minimum atomic E-state index is 0.0943. The molecule has 0 bridgehead atoms. The Kier molecular flexibility index (Phi) is 5.51. The highest BCUT2D eigenvalue weighted by molar-refractivity contribution is 7.98. The van der Waals surface area contributed by atoms with Crippen LogP contribution in [-0.4, -0.2) is 22.3 Å². The summed E-state index contributed by atoms with van der Waals surface area (Å²) in [6, 6.07) is 10.7. The van der Waals surface area contributed by atoms with Gasteiger partial charge in [0, 0.05) is 11.6 Å². The highest BCUT2D eigenvalue weighted by Crippen LogP contribution is 2.30. The molecule has 0 amide bonds. The number of benzene rings is 1. The number of hydrogen-bond donors (Lipinski definition) is 1. The van der Waals surface area contributed by atoms with Gasteiger partial charge < -0.3 is 5.32 Å². The lowest BCUT2D eigenvalue weighted by Crippen LogP contribution is -2.14. The number of aromatic nitrogens is 2. The molecule has 0 unspecified atom stereocenters. The van der Waals surface area contributed by atoms with Gasteiger partial charge in [-0.1, -0.05) is 56.8 Å². The van der Waals surface area contributed by atoms with Crippen LogP contribution in [-0.2, 0) is 5.41 Å². The van der Waals surface area contributed by atoms with Crippen LogP contribution in [0.15, 0.2) is 29.4 Å². The molecule has 0 aliphatic carbocycles. The number of rotatable bonds is 4. The third-order valence-corrected chi connectivity index (χ3v) is 4.18. The van der Waals surface area contributed by atoms with Crippen molar-refractivity contribution in [2.45, 2.75) is 51.2 Å². The average molecular weight is 340 g/mol. The van der Waals surface area contributed by atoms with Crippen molar-refractivity contribution in [1.29, 1.82) is 5.26 Å². The molecule has 1 aromatic heterocycles. The van der Waals surface area contributed by atoms with Crippen molar-refractivity contribution in [3.8, 4) is 17.3 Å². The molecule has 0 aliphatic heterocycles. The van der Waals surface area contributed by atoms with E-state index < -0.39 is 0 Å². The van der Waals surface area contributed by atoms with Crippen molar-refractivity contribution in [1.82, 2.24) is 9.97 Å². The van der Waals surface area contributed by atoms with Gasteiger partial charge in [0.05, 0.1) is 5.69 Å². The summed E-state index contributed by atoms with van der Waals surface area (Å²) >= 11 is 1.47. The summed E-state index contributed by atoms with van der Waals surface area (Å²) in [4.78, 5) is 9.04. The van der Waals surface area contributed by atoms with Crippen LogP contribution >= 0.6 is 11.8 Å². The van der Waals surface area contributed by atoms with E-state index in [0.717, 1.165) is 5.56 Å². The predicted octanol–water partition coefficient (Wildman–Crippen LogP) is 4.85. The van der Waals surface area contributed by atoms with Crippen molar-refractivity contribution < 1.29 is 0 Å². The molecule has 5 heteroatoms. The zero-order chi connectivity index (χ0) is 17.9. The summed E-state index contributed by atoms with van der Waals surface area (Å²) in [5, 5.41) is 13.6. The second-order valence-electron chi connectivity index (χ2n) is 7.02. The van der Waals surface area contributed by atoms with Gasteiger partial charge in [0.25, 0.3) is 0 Å². The molecule has 0 saturated heterocycles. The maximum Gasteiger partial charge on any atom is 0.189 e. The second-order valence-corrected chi connectivity index (χ2v) is 7.79. The van der Waals surface area contributed by atoms with E-state index in [9.17, 15) is 5.26 Å². The minimum Gasteiger partial charge on any atom is -0.367 e. The SMILES string of the molecule is CSc1nc(NC(C)C)c(C#N)c(-c2ccc(C(C)(C)C)cc2)n1. The van der Waals surface area contributed by atoms with E-state index in [1.165, 1.54) is 17.3 Å². The van der Waals surface area contributed by atoms with Gasteiger partial charge in [-0.25, -0.2) is 9.97 Å². The lowest BCUT2D eigenvalue weighted by atomic mass is 9.86. The fourth-order valence-corrected chi connectivity index (χ4v) is 2.72. The highest BCUT2D eigenvalue weighted by Gasteiger charge is 2.18. The van der Waals surface area contributed by atoms with Crippen LogP contribution in [0, 0.1) is 11.3 Å². The Bertz CT molecular complexity index is 753. The molecule has 0 spiro atoms. The Labute approximate surface area is 148 Å². The number of thioether (sulfide) groups is 1. The Balaban J connectivity index is 2.58. The molecule has 1 aromatic carbocycles. The van der Waals surface area contributed by atoms with Gasteiger partial charge in [0.15, 0.2) is 5.16 Å². The summed E-state index contributed by atoms with van der Waals surface area (Å²) in [7, 11) is 0. The van der Waals surface area contributed by atoms with Gasteiger partial charge in [-0.2, -0.15) is 5.26 Å². The van der Waals surface area contributed by atoms with Crippen LogP contribution in [0.25, 0.3) is 11.3 Å². The molecule has 4 nitrogen and oxygen atoms in total. The fraction of sp³-hybridized carbons (Fsp3) is 0.421. The van der Waals surface area contributed by atoms with E-state index in [1.54, 1.807) is 0 Å². The zero-order valence-electron chi connectivity index (χ0n) is 15.1. The van der Waals surface area contributed by atoms with E-state index in [4.69, 9.17) is 0 Å². The fourth-order valence-electron chi connectivity index (χ4n) is 2.35. The number of anilines is 1. The molecule has 0 radical (unpaired) electrons. The first-order chi connectivity index (χ1) is 11.3. The van der Waals surface area contributed by atoms with E-state index in [-0.39, 0.29) is 11.5 Å². The van der Waals surface area contributed by atoms with Crippen LogP contribution in [0.3, 0.4) is 0 Å². The van der Waals surface area contributed by atoms with Gasteiger partial charge in [0.2, 0.25) is 0 Å². The number of nitriles is 1. The smallest absolute Gasteiger partial charge is 0.189 e. The van der Waals surface area contributed by atoms with E-state index in [1.807, 2.05) is 32.2 Å². The first kappa shape index (κ1) is 18.3. The van der Waals surface area contributed by atoms with Gasteiger partial charge in [-0.15, -0.1) is 0 Å². The van der Waals surface area contributed by atoms with Crippen LogP contribution in [0.1, 0.15) is 45.7 Å². The molecular formula is C19H24N4S.